The smallest absolute Gasteiger partial charge is 0.288 e. The molecule has 1 heterocycles. The van der Waals surface area contributed by atoms with Crippen molar-refractivity contribution in [3.05, 3.63) is 24.3 Å². The number of nitrogens with zero attached hydrogens (tertiary/aromatic N) is 1. The first kappa shape index (κ1) is 14.6. The van der Waals surface area contributed by atoms with Crippen LogP contribution in [0.4, 0.5) is 14.5 Å². The summed E-state index contributed by atoms with van der Waals surface area (Å²) in [7, 11) is 2.05. The molecule has 1 atom stereocenters. The summed E-state index contributed by atoms with van der Waals surface area (Å²) in [5.74, 6) is -2.40. The van der Waals surface area contributed by atoms with Crippen LogP contribution in [0, 0.1) is 0 Å². The van der Waals surface area contributed by atoms with E-state index in [9.17, 15) is 8.78 Å². The number of anilines is 1. The minimum Gasteiger partial charge on any atom is -0.381 e. The third-order valence-corrected chi connectivity index (χ3v) is 3.75. The number of ether oxygens (including phenoxy) is 1. The molecule has 1 aromatic rings. The van der Waals surface area contributed by atoms with Crippen molar-refractivity contribution in [2.24, 2.45) is 0 Å². The fourth-order valence-corrected chi connectivity index (χ4v) is 2.64. The van der Waals surface area contributed by atoms with Gasteiger partial charge in [0.15, 0.2) is 0 Å². The molecular weight excluding hydrogens is 270 g/mol. The van der Waals surface area contributed by atoms with E-state index in [4.69, 9.17) is 4.74 Å². The average molecular weight is 288 g/mol. The molecule has 0 aromatic heterocycles. The molecular formula is C13H18F2N2OS. The van der Waals surface area contributed by atoms with Gasteiger partial charge in [-0.2, -0.15) is 8.78 Å². The summed E-state index contributed by atoms with van der Waals surface area (Å²) < 4.78 is 30.5. The first-order valence-corrected chi connectivity index (χ1v) is 7.11. The largest absolute Gasteiger partial charge is 0.381 e. The van der Waals surface area contributed by atoms with E-state index in [0.29, 0.717) is 23.2 Å². The number of alkyl halides is 2. The number of thioether (sulfide) groups is 1. The SMILES string of the molecule is CN1CCOC(CNc2ccccc2SC(F)F)C1. The molecule has 1 aromatic carbocycles. The second-order valence-electron chi connectivity index (χ2n) is 4.51. The summed E-state index contributed by atoms with van der Waals surface area (Å²) in [6.07, 6.45) is 0.100. The summed E-state index contributed by atoms with van der Waals surface area (Å²) in [5, 5.41) is 3.20. The van der Waals surface area contributed by atoms with Crippen LogP contribution in [0.3, 0.4) is 0 Å². The number of benzene rings is 1. The van der Waals surface area contributed by atoms with Crippen LogP contribution < -0.4 is 5.32 Å². The average Bonchev–Trinajstić information content (AvgIpc) is 2.37. The van der Waals surface area contributed by atoms with Gasteiger partial charge in [0, 0.05) is 30.2 Å². The number of halogens is 2. The van der Waals surface area contributed by atoms with Crippen molar-refractivity contribution in [2.75, 3.05) is 38.6 Å². The lowest BCUT2D eigenvalue weighted by Crippen LogP contribution is -2.43. The van der Waals surface area contributed by atoms with E-state index in [1.54, 1.807) is 12.1 Å². The van der Waals surface area contributed by atoms with Crippen molar-refractivity contribution in [3.8, 4) is 0 Å². The Kier molecular flexibility index (Phi) is 5.42. The Bertz CT molecular complexity index is 406. The number of morpholine rings is 1. The Labute approximate surface area is 116 Å². The zero-order chi connectivity index (χ0) is 13.7. The Balaban J connectivity index is 1.91. The van der Waals surface area contributed by atoms with Crippen LogP contribution in [0.5, 0.6) is 0 Å². The van der Waals surface area contributed by atoms with E-state index < -0.39 is 5.76 Å². The summed E-state index contributed by atoms with van der Waals surface area (Å²) in [6, 6.07) is 7.12. The molecule has 2 rings (SSSR count). The van der Waals surface area contributed by atoms with Crippen molar-refractivity contribution in [3.63, 3.8) is 0 Å². The van der Waals surface area contributed by atoms with Gasteiger partial charge in [-0.25, -0.2) is 0 Å². The van der Waals surface area contributed by atoms with E-state index in [-0.39, 0.29) is 6.10 Å². The molecule has 0 amide bonds. The fraction of sp³-hybridized carbons (Fsp3) is 0.538. The maximum Gasteiger partial charge on any atom is 0.288 e. The molecule has 1 saturated heterocycles. The van der Waals surface area contributed by atoms with Crippen LogP contribution in [0.15, 0.2) is 29.2 Å². The minimum absolute atomic E-state index is 0.100. The Morgan fingerprint density at radius 1 is 1.47 bits per heavy atom. The molecule has 0 radical (unpaired) electrons. The van der Waals surface area contributed by atoms with Crippen LogP contribution >= 0.6 is 11.8 Å². The molecule has 1 N–H and O–H groups in total. The zero-order valence-corrected chi connectivity index (χ0v) is 11.6. The molecule has 3 nitrogen and oxygen atoms in total. The van der Waals surface area contributed by atoms with Gasteiger partial charge in [0.1, 0.15) is 0 Å². The summed E-state index contributed by atoms with van der Waals surface area (Å²) in [6.45, 7) is 3.15. The molecule has 0 saturated carbocycles. The van der Waals surface area contributed by atoms with Gasteiger partial charge in [-0.15, -0.1) is 0 Å². The van der Waals surface area contributed by atoms with Crippen LogP contribution in [-0.2, 0) is 4.74 Å². The number of hydrogen-bond acceptors (Lipinski definition) is 4. The zero-order valence-electron chi connectivity index (χ0n) is 10.8. The lowest BCUT2D eigenvalue weighted by atomic mass is 10.2. The van der Waals surface area contributed by atoms with Gasteiger partial charge in [-0.3, -0.25) is 0 Å². The number of likely N-dealkylation sites (N-methyl/N-ethyl adjacent to an activating group) is 1. The van der Waals surface area contributed by atoms with Gasteiger partial charge >= 0.3 is 0 Å². The predicted octanol–water partition coefficient (Wildman–Crippen LogP) is 2.74. The third-order valence-electron chi connectivity index (χ3n) is 2.97. The number of para-hydroxylation sites is 1. The highest BCUT2D eigenvalue weighted by Gasteiger charge is 2.18. The van der Waals surface area contributed by atoms with E-state index in [1.165, 1.54) is 0 Å². The highest BCUT2D eigenvalue weighted by molar-refractivity contribution is 7.99. The first-order valence-electron chi connectivity index (χ1n) is 6.23. The van der Waals surface area contributed by atoms with Crippen LogP contribution in [-0.4, -0.2) is 50.1 Å². The van der Waals surface area contributed by atoms with Crippen molar-refractivity contribution in [1.29, 1.82) is 0 Å². The second-order valence-corrected chi connectivity index (χ2v) is 5.54. The van der Waals surface area contributed by atoms with E-state index in [1.807, 2.05) is 12.1 Å². The summed E-state index contributed by atoms with van der Waals surface area (Å²) in [4.78, 5) is 2.78. The maximum atomic E-state index is 12.5. The maximum absolute atomic E-state index is 12.5. The van der Waals surface area contributed by atoms with Gasteiger partial charge in [-0.1, -0.05) is 23.9 Å². The van der Waals surface area contributed by atoms with Gasteiger partial charge in [0.05, 0.1) is 12.7 Å². The molecule has 106 valence electrons. The lowest BCUT2D eigenvalue weighted by molar-refractivity contribution is -0.0117. The molecule has 19 heavy (non-hydrogen) atoms. The topological polar surface area (TPSA) is 24.5 Å². The highest BCUT2D eigenvalue weighted by Crippen LogP contribution is 2.31. The predicted molar refractivity (Wildman–Crippen MR) is 74.0 cm³/mol. The second kappa shape index (κ2) is 7.07. The molecule has 0 aliphatic carbocycles. The van der Waals surface area contributed by atoms with Gasteiger partial charge < -0.3 is 15.0 Å². The standard InChI is InChI=1S/C13H18F2N2OS/c1-17-6-7-18-10(9-17)8-16-11-4-2-3-5-12(11)19-13(14)15/h2-5,10,13,16H,6-9H2,1H3. The molecule has 1 aliphatic rings. The Morgan fingerprint density at radius 3 is 3.00 bits per heavy atom. The van der Waals surface area contributed by atoms with Gasteiger partial charge in [-0.05, 0) is 19.2 Å². The molecule has 1 aliphatic heterocycles. The molecule has 0 bridgehead atoms. The van der Waals surface area contributed by atoms with E-state index >= 15 is 0 Å². The van der Waals surface area contributed by atoms with E-state index in [0.717, 1.165) is 25.4 Å². The highest BCUT2D eigenvalue weighted by atomic mass is 32.2. The molecule has 1 fully saturated rings. The molecule has 0 spiro atoms. The monoisotopic (exact) mass is 288 g/mol. The Hall–Kier alpha value is -0.850. The number of nitrogens with one attached hydrogen (secondary N) is 1. The molecule has 6 heteroatoms. The normalized spacial score (nSPS) is 20.7. The minimum atomic E-state index is -2.40. The third kappa shape index (κ3) is 4.63. The van der Waals surface area contributed by atoms with Gasteiger partial charge in [0.2, 0.25) is 0 Å². The summed E-state index contributed by atoms with van der Waals surface area (Å²) >= 11 is 0.565. The first-order chi connectivity index (χ1) is 9.15. The Morgan fingerprint density at radius 2 is 2.26 bits per heavy atom. The van der Waals surface area contributed by atoms with Crippen LogP contribution in [0.25, 0.3) is 0 Å². The van der Waals surface area contributed by atoms with Crippen molar-refractivity contribution in [1.82, 2.24) is 4.90 Å². The number of rotatable bonds is 5. The van der Waals surface area contributed by atoms with Crippen molar-refractivity contribution >= 4 is 17.4 Å². The lowest BCUT2D eigenvalue weighted by Gasteiger charge is -2.30. The number of hydrogen-bond donors (Lipinski definition) is 1. The van der Waals surface area contributed by atoms with Crippen molar-refractivity contribution in [2.45, 2.75) is 16.8 Å². The fourth-order valence-electron chi connectivity index (χ4n) is 2.03. The van der Waals surface area contributed by atoms with Gasteiger partial charge in [0.25, 0.3) is 5.76 Å². The van der Waals surface area contributed by atoms with Crippen LogP contribution in [0.2, 0.25) is 0 Å². The quantitative estimate of drug-likeness (QED) is 0.842. The van der Waals surface area contributed by atoms with Crippen LogP contribution in [0.1, 0.15) is 0 Å². The molecule has 1 unspecified atom stereocenters. The van der Waals surface area contributed by atoms with E-state index in [2.05, 4.69) is 17.3 Å². The van der Waals surface area contributed by atoms with Crippen molar-refractivity contribution < 1.29 is 13.5 Å². The summed E-state index contributed by atoms with van der Waals surface area (Å²) in [5.41, 5.74) is 0.740.